The van der Waals surface area contributed by atoms with Gasteiger partial charge in [0.1, 0.15) is 0 Å². The predicted octanol–water partition coefficient (Wildman–Crippen LogP) is 2.90. The van der Waals surface area contributed by atoms with E-state index in [0.29, 0.717) is 23.7 Å². The third-order valence-corrected chi connectivity index (χ3v) is 3.57. The Morgan fingerprint density at radius 2 is 2.05 bits per heavy atom. The number of hydrogen-bond donors (Lipinski definition) is 3. The fourth-order valence-corrected chi connectivity index (χ4v) is 2.60. The first-order valence-corrected chi connectivity index (χ1v) is 7.64. The van der Waals surface area contributed by atoms with Gasteiger partial charge in [-0.15, -0.1) is 0 Å². The maximum absolute atomic E-state index is 12.1. The molecule has 0 aromatic heterocycles. The number of anilines is 1. The summed E-state index contributed by atoms with van der Waals surface area (Å²) in [7, 11) is 0. The first-order chi connectivity index (χ1) is 9.79. The number of hydrogen-bond acceptors (Lipinski definition) is 3. The van der Waals surface area contributed by atoms with Crippen molar-refractivity contribution in [1.82, 2.24) is 5.32 Å². The Hall–Kier alpha value is -1.56. The lowest BCUT2D eigenvalue weighted by Gasteiger charge is -2.18. The van der Waals surface area contributed by atoms with Crippen molar-refractivity contribution in [2.75, 3.05) is 12.3 Å². The van der Waals surface area contributed by atoms with Crippen LogP contribution in [-0.4, -0.2) is 23.5 Å². The highest BCUT2D eigenvalue weighted by Gasteiger charge is 2.17. The van der Waals surface area contributed by atoms with E-state index < -0.39 is 5.97 Å². The molecule has 1 aromatic carbocycles. The molecular weight excluding hydrogens is 336 g/mol. The number of rotatable bonds is 7. The number of benzene rings is 1. The zero-order chi connectivity index (χ0) is 16.0. The number of nitrogens with one attached hydrogen (secondary N) is 1. The second-order valence-corrected chi connectivity index (χ2v) is 6.45. The standard InChI is InChI=1S/C15H21BrN2O3/c1-9(2)5-10(6-14(19)20)8-18-15(21)12-4-3-11(16)7-13(12)17/h3-4,7,9-10H,5-6,8,17H2,1-2H3,(H,18,21)(H,19,20). The van der Waals surface area contributed by atoms with Crippen LogP contribution in [0.4, 0.5) is 5.69 Å². The summed E-state index contributed by atoms with van der Waals surface area (Å²) in [5.41, 5.74) is 6.59. The monoisotopic (exact) mass is 356 g/mol. The van der Waals surface area contributed by atoms with Crippen LogP contribution >= 0.6 is 15.9 Å². The molecule has 0 saturated heterocycles. The molecule has 0 fully saturated rings. The van der Waals surface area contributed by atoms with Crippen molar-refractivity contribution in [2.24, 2.45) is 11.8 Å². The highest BCUT2D eigenvalue weighted by molar-refractivity contribution is 9.10. The van der Waals surface area contributed by atoms with Gasteiger partial charge in [0.2, 0.25) is 0 Å². The largest absolute Gasteiger partial charge is 0.481 e. The van der Waals surface area contributed by atoms with Gasteiger partial charge < -0.3 is 16.2 Å². The van der Waals surface area contributed by atoms with Crippen molar-refractivity contribution >= 4 is 33.5 Å². The van der Waals surface area contributed by atoms with Crippen molar-refractivity contribution in [3.05, 3.63) is 28.2 Å². The number of amides is 1. The van der Waals surface area contributed by atoms with Gasteiger partial charge >= 0.3 is 5.97 Å². The van der Waals surface area contributed by atoms with E-state index in [9.17, 15) is 9.59 Å². The first-order valence-electron chi connectivity index (χ1n) is 6.84. The van der Waals surface area contributed by atoms with Gasteiger partial charge in [0.15, 0.2) is 0 Å². The number of halogens is 1. The molecular formula is C15H21BrN2O3. The summed E-state index contributed by atoms with van der Waals surface area (Å²) < 4.78 is 0.806. The minimum atomic E-state index is -0.849. The summed E-state index contributed by atoms with van der Waals surface area (Å²) in [4.78, 5) is 23.0. The summed E-state index contributed by atoms with van der Waals surface area (Å²) in [6.07, 6.45) is 0.802. The van der Waals surface area contributed by atoms with Gasteiger partial charge in [0.25, 0.3) is 5.91 Å². The van der Waals surface area contributed by atoms with Gasteiger partial charge in [-0.1, -0.05) is 29.8 Å². The molecule has 5 nitrogen and oxygen atoms in total. The molecule has 1 aromatic rings. The molecule has 116 valence electrons. The second-order valence-electron chi connectivity index (χ2n) is 5.54. The molecule has 0 heterocycles. The van der Waals surface area contributed by atoms with Crippen LogP contribution in [0.2, 0.25) is 0 Å². The lowest BCUT2D eigenvalue weighted by Crippen LogP contribution is -2.31. The normalized spacial score (nSPS) is 12.2. The quantitative estimate of drug-likeness (QED) is 0.654. The number of aliphatic carboxylic acids is 1. The number of carbonyl (C=O) groups is 2. The number of carboxylic acids is 1. The van der Waals surface area contributed by atoms with E-state index in [1.54, 1.807) is 18.2 Å². The summed E-state index contributed by atoms with van der Waals surface area (Å²) in [5.74, 6) is -0.829. The zero-order valence-electron chi connectivity index (χ0n) is 12.2. The molecule has 0 bridgehead atoms. The van der Waals surface area contributed by atoms with E-state index in [0.717, 1.165) is 10.9 Å². The molecule has 1 atom stereocenters. The van der Waals surface area contributed by atoms with Crippen LogP contribution < -0.4 is 11.1 Å². The third kappa shape index (κ3) is 6.16. The Morgan fingerprint density at radius 1 is 1.38 bits per heavy atom. The molecule has 0 saturated carbocycles. The fourth-order valence-electron chi connectivity index (χ4n) is 2.23. The van der Waals surface area contributed by atoms with Crippen molar-refractivity contribution in [2.45, 2.75) is 26.7 Å². The molecule has 0 aliphatic carbocycles. The molecule has 1 amide bonds. The van der Waals surface area contributed by atoms with Crippen LogP contribution in [-0.2, 0) is 4.79 Å². The maximum atomic E-state index is 12.1. The average molecular weight is 357 g/mol. The van der Waals surface area contributed by atoms with Gasteiger partial charge in [-0.3, -0.25) is 9.59 Å². The Balaban J connectivity index is 2.65. The number of carboxylic acid groups (broad SMARTS) is 1. The highest BCUT2D eigenvalue weighted by Crippen LogP contribution is 2.19. The summed E-state index contributed by atoms with van der Waals surface area (Å²) in [6.45, 7) is 4.39. The Morgan fingerprint density at radius 3 is 2.57 bits per heavy atom. The molecule has 0 aliphatic rings. The van der Waals surface area contributed by atoms with E-state index in [1.807, 2.05) is 13.8 Å². The van der Waals surface area contributed by atoms with Crippen LogP contribution in [0.1, 0.15) is 37.0 Å². The highest BCUT2D eigenvalue weighted by atomic mass is 79.9. The van der Waals surface area contributed by atoms with Gasteiger partial charge in [-0.25, -0.2) is 0 Å². The van der Waals surface area contributed by atoms with E-state index >= 15 is 0 Å². The van der Waals surface area contributed by atoms with Crippen LogP contribution in [0.15, 0.2) is 22.7 Å². The Labute approximate surface area is 133 Å². The number of nitrogens with two attached hydrogens (primary N) is 1. The molecule has 21 heavy (non-hydrogen) atoms. The maximum Gasteiger partial charge on any atom is 0.303 e. The molecule has 0 radical (unpaired) electrons. The van der Waals surface area contributed by atoms with Gasteiger partial charge in [-0.2, -0.15) is 0 Å². The van der Waals surface area contributed by atoms with Crippen molar-refractivity contribution < 1.29 is 14.7 Å². The molecule has 0 spiro atoms. The molecule has 1 unspecified atom stereocenters. The van der Waals surface area contributed by atoms with Crippen molar-refractivity contribution in [1.29, 1.82) is 0 Å². The van der Waals surface area contributed by atoms with E-state index in [-0.39, 0.29) is 18.2 Å². The molecule has 4 N–H and O–H groups in total. The van der Waals surface area contributed by atoms with Gasteiger partial charge in [0.05, 0.1) is 5.56 Å². The topological polar surface area (TPSA) is 92.4 Å². The predicted molar refractivity (Wildman–Crippen MR) is 86.1 cm³/mol. The lowest BCUT2D eigenvalue weighted by molar-refractivity contribution is -0.138. The smallest absolute Gasteiger partial charge is 0.303 e. The van der Waals surface area contributed by atoms with E-state index in [1.165, 1.54) is 0 Å². The minimum Gasteiger partial charge on any atom is -0.481 e. The molecule has 1 rings (SSSR count). The first kappa shape index (κ1) is 17.5. The van der Waals surface area contributed by atoms with Crippen molar-refractivity contribution in [3.8, 4) is 0 Å². The summed E-state index contributed by atoms with van der Waals surface area (Å²) in [6, 6.07) is 5.05. The van der Waals surface area contributed by atoms with Gasteiger partial charge in [-0.05, 0) is 36.5 Å². The Kier molecular flexibility index (Phi) is 6.68. The molecule has 0 aliphatic heterocycles. The zero-order valence-corrected chi connectivity index (χ0v) is 13.8. The number of carbonyl (C=O) groups excluding carboxylic acids is 1. The molecule has 6 heteroatoms. The fraction of sp³-hybridized carbons (Fsp3) is 0.467. The summed E-state index contributed by atoms with van der Waals surface area (Å²) in [5, 5.41) is 11.7. The van der Waals surface area contributed by atoms with Crippen LogP contribution in [0.5, 0.6) is 0 Å². The number of nitrogen functional groups attached to an aromatic ring is 1. The van der Waals surface area contributed by atoms with Gasteiger partial charge in [0, 0.05) is 23.1 Å². The average Bonchev–Trinajstić information content (AvgIpc) is 2.34. The SMILES string of the molecule is CC(C)CC(CNC(=O)c1ccc(Br)cc1N)CC(=O)O. The second kappa shape index (κ2) is 8.02. The minimum absolute atomic E-state index is 0.0499. The van der Waals surface area contributed by atoms with E-state index in [2.05, 4.69) is 21.2 Å². The van der Waals surface area contributed by atoms with Crippen LogP contribution in [0.3, 0.4) is 0 Å². The Bertz CT molecular complexity index is 518. The van der Waals surface area contributed by atoms with Crippen molar-refractivity contribution in [3.63, 3.8) is 0 Å². The lowest BCUT2D eigenvalue weighted by atomic mass is 9.94. The van der Waals surface area contributed by atoms with Crippen LogP contribution in [0, 0.1) is 11.8 Å². The third-order valence-electron chi connectivity index (χ3n) is 3.08. The van der Waals surface area contributed by atoms with Crippen LogP contribution in [0.25, 0.3) is 0 Å². The summed E-state index contributed by atoms with van der Waals surface area (Å²) >= 11 is 3.28. The van der Waals surface area contributed by atoms with E-state index in [4.69, 9.17) is 10.8 Å².